The van der Waals surface area contributed by atoms with Gasteiger partial charge in [-0.25, -0.2) is 4.79 Å². The summed E-state index contributed by atoms with van der Waals surface area (Å²) in [6.45, 7) is 0.667. The summed E-state index contributed by atoms with van der Waals surface area (Å²) in [5, 5.41) is 14.9. The van der Waals surface area contributed by atoms with E-state index in [1.54, 1.807) is 37.6 Å². The lowest BCUT2D eigenvalue weighted by molar-refractivity contribution is -0.142. The first-order valence-corrected chi connectivity index (χ1v) is 6.41. The molecule has 1 aromatic carbocycles. The first-order valence-electron chi connectivity index (χ1n) is 6.41. The van der Waals surface area contributed by atoms with E-state index in [9.17, 15) is 4.79 Å². The fraction of sp³-hybridized carbons (Fsp3) is 0.429. The van der Waals surface area contributed by atoms with Gasteiger partial charge in [0.25, 0.3) is 0 Å². The first kappa shape index (κ1) is 14.2. The Labute approximate surface area is 117 Å². The highest BCUT2D eigenvalue weighted by Crippen LogP contribution is 2.27. The smallest absolute Gasteiger partial charge is 0.328 e. The van der Waals surface area contributed by atoms with Gasteiger partial charge in [0.05, 0.1) is 20.4 Å². The highest BCUT2D eigenvalue weighted by Gasteiger charge is 2.29. The lowest BCUT2D eigenvalue weighted by Crippen LogP contribution is -2.31. The summed E-state index contributed by atoms with van der Waals surface area (Å²) in [4.78, 5) is 11.1. The molecule has 1 aliphatic rings. The van der Waals surface area contributed by atoms with Crippen molar-refractivity contribution in [2.24, 2.45) is 5.10 Å². The van der Waals surface area contributed by atoms with Gasteiger partial charge in [0, 0.05) is 6.54 Å². The molecule has 1 atom stereocenters. The van der Waals surface area contributed by atoms with Gasteiger partial charge in [-0.2, -0.15) is 5.10 Å². The maximum atomic E-state index is 11.1. The summed E-state index contributed by atoms with van der Waals surface area (Å²) < 4.78 is 10.4. The van der Waals surface area contributed by atoms with Crippen LogP contribution in [-0.2, 0) is 4.79 Å². The number of hydrogen-bond acceptors (Lipinski definition) is 5. The number of carboxylic acid groups (broad SMARTS) is 1. The first-order chi connectivity index (χ1) is 9.65. The average molecular weight is 278 g/mol. The molecule has 108 valence electrons. The fourth-order valence-corrected chi connectivity index (χ4v) is 2.21. The normalized spacial score (nSPS) is 18.5. The van der Waals surface area contributed by atoms with Gasteiger partial charge >= 0.3 is 5.97 Å². The largest absolute Gasteiger partial charge is 0.493 e. The van der Waals surface area contributed by atoms with Crippen molar-refractivity contribution in [1.29, 1.82) is 0 Å². The topological polar surface area (TPSA) is 71.4 Å². The van der Waals surface area contributed by atoms with Gasteiger partial charge in [-0.15, -0.1) is 0 Å². The second-order valence-electron chi connectivity index (χ2n) is 4.52. The number of methoxy groups -OCH3 is 2. The van der Waals surface area contributed by atoms with Crippen LogP contribution in [0.15, 0.2) is 23.3 Å². The minimum absolute atomic E-state index is 0.522. The van der Waals surface area contributed by atoms with Gasteiger partial charge in [-0.3, -0.25) is 5.01 Å². The third kappa shape index (κ3) is 3.01. The zero-order valence-electron chi connectivity index (χ0n) is 11.6. The van der Waals surface area contributed by atoms with Gasteiger partial charge in [-0.05, 0) is 36.6 Å². The minimum Gasteiger partial charge on any atom is -0.493 e. The molecule has 20 heavy (non-hydrogen) atoms. The molecule has 1 aromatic rings. The molecule has 0 amide bonds. The van der Waals surface area contributed by atoms with Crippen molar-refractivity contribution in [2.45, 2.75) is 18.9 Å². The zero-order chi connectivity index (χ0) is 14.5. The van der Waals surface area contributed by atoms with Crippen LogP contribution in [0.25, 0.3) is 0 Å². The SMILES string of the molecule is COc1ccc(/C=N/N2CCC[C@H]2C(=O)O)cc1OC. The Morgan fingerprint density at radius 2 is 2.15 bits per heavy atom. The Kier molecular flexibility index (Phi) is 4.45. The monoisotopic (exact) mass is 278 g/mol. The zero-order valence-corrected chi connectivity index (χ0v) is 11.6. The van der Waals surface area contributed by atoms with Crippen LogP contribution in [0.4, 0.5) is 0 Å². The third-order valence-electron chi connectivity index (χ3n) is 3.27. The molecule has 0 spiro atoms. The number of benzene rings is 1. The van der Waals surface area contributed by atoms with Crippen molar-refractivity contribution < 1.29 is 19.4 Å². The molecule has 1 heterocycles. The second kappa shape index (κ2) is 6.27. The maximum Gasteiger partial charge on any atom is 0.328 e. The van der Waals surface area contributed by atoms with Crippen molar-refractivity contribution in [3.63, 3.8) is 0 Å². The third-order valence-corrected chi connectivity index (χ3v) is 3.27. The van der Waals surface area contributed by atoms with E-state index in [-0.39, 0.29) is 0 Å². The average Bonchev–Trinajstić information content (AvgIpc) is 2.93. The minimum atomic E-state index is -0.827. The van der Waals surface area contributed by atoms with Crippen LogP contribution in [0, 0.1) is 0 Å². The van der Waals surface area contributed by atoms with Gasteiger partial charge < -0.3 is 14.6 Å². The summed E-state index contributed by atoms with van der Waals surface area (Å²) in [5.74, 6) is 0.439. The van der Waals surface area contributed by atoms with Crippen LogP contribution in [0.1, 0.15) is 18.4 Å². The lowest BCUT2D eigenvalue weighted by Gasteiger charge is -2.17. The summed E-state index contributed by atoms with van der Waals surface area (Å²) in [7, 11) is 3.15. The van der Waals surface area contributed by atoms with E-state index in [0.29, 0.717) is 24.5 Å². The van der Waals surface area contributed by atoms with E-state index in [1.165, 1.54) is 0 Å². The van der Waals surface area contributed by atoms with Gasteiger partial charge in [0.2, 0.25) is 0 Å². The lowest BCUT2D eigenvalue weighted by atomic mass is 10.2. The fourth-order valence-electron chi connectivity index (χ4n) is 2.21. The molecule has 6 heteroatoms. The number of carboxylic acids is 1. The summed E-state index contributed by atoms with van der Waals surface area (Å²) in [6.07, 6.45) is 3.13. The van der Waals surface area contributed by atoms with Crippen molar-refractivity contribution in [3.05, 3.63) is 23.8 Å². The molecule has 6 nitrogen and oxygen atoms in total. The molecule has 0 aromatic heterocycles. The molecule has 0 saturated carbocycles. The summed E-state index contributed by atoms with van der Waals surface area (Å²) >= 11 is 0. The van der Waals surface area contributed by atoms with Gasteiger partial charge in [0.1, 0.15) is 6.04 Å². The number of hydrogen-bond donors (Lipinski definition) is 1. The number of ether oxygens (including phenoxy) is 2. The Balaban J connectivity index is 2.13. The van der Waals surface area contributed by atoms with Crippen LogP contribution < -0.4 is 9.47 Å². The van der Waals surface area contributed by atoms with Gasteiger partial charge in [-0.1, -0.05) is 0 Å². The van der Waals surface area contributed by atoms with E-state index in [2.05, 4.69) is 5.10 Å². The van der Waals surface area contributed by atoms with Crippen LogP contribution in [0.2, 0.25) is 0 Å². The molecule has 0 unspecified atom stereocenters. The Bertz CT molecular complexity index is 516. The van der Waals surface area contributed by atoms with E-state index >= 15 is 0 Å². The Hall–Kier alpha value is -2.24. The van der Waals surface area contributed by atoms with Crippen molar-refractivity contribution in [1.82, 2.24) is 5.01 Å². The van der Waals surface area contributed by atoms with E-state index < -0.39 is 12.0 Å². The number of nitrogens with zero attached hydrogens (tertiary/aromatic N) is 2. The van der Waals surface area contributed by atoms with Gasteiger partial charge in [0.15, 0.2) is 11.5 Å². The highest BCUT2D eigenvalue weighted by atomic mass is 16.5. The number of hydrazone groups is 1. The predicted octanol–water partition coefficient (Wildman–Crippen LogP) is 1.59. The second-order valence-corrected chi connectivity index (χ2v) is 4.52. The molecular weight excluding hydrogens is 260 g/mol. The van der Waals surface area contributed by atoms with E-state index in [0.717, 1.165) is 12.0 Å². The van der Waals surface area contributed by atoms with Crippen LogP contribution in [-0.4, -0.2) is 49.1 Å². The van der Waals surface area contributed by atoms with Crippen molar-refractivity contribution in [2.75, 3.05) is 20.8 Å². The van der Waals surface area contributed by atoms with Crippen LogP contribution >= 0.6 is 0 Å². The molecule has 0 aliphatic carbocycles. The molecule has 0 radical (unpaired) electrons. The van der Waals surface area contributed by atoms with Crippen LogP contribution in [0.5, 0.6) is 11.5 Å². The van der Waals surface area contributed by atoms with Crippen molar-refractivity contribution in [3.8, 4) is 11.5 Å². The van der Waals surface area contributed by atoms with E-state index in [1.807, 2.05) is 6.07 Å². The molecule has 1 fully saturated rings. The molecule has 1 aliphatic heterocycles. The number of carbonyl (C=O) groups is 1. The summed E-state index contributed by atoms with van der Waals surface area (Å²) in [5.41, 5.74) is 0.832. The standard InChI is InChI=1S/C14H18N2O4/c1-19-12-6-5-10(8-13(12)20-2)9-15-16-7-3-4-11(16)14(17)18/h5-6,8-9,11H,3-4,7H2,1-2H3,(H,17,18)/b15-9+/t11-/m0/s1. The number of aliphatic carboxylic acids is 1. The van der Waals surface area contributed by atoms with Crippen molar-refractivity contribution >= 4 is 12.2 Å². The van der Waals surface area contributed by atoms with E-state index in [4.69, 9.17) is 14.6 Å². The molecule has 1 N–H and O–H groups in total. The highest BCUT2D eigenvalue weighted by molar-refractivity contribution is 5.81. The predicted molar refractivity (Wildman–Crippen MR) is 74.5 cm³/mol. The number of rotatable bonds is 5. The molecule has 2 rings (SSSR count). The Morgan fingerprint density at radius 3 is 2.80 bits per heavy atom. The molecular formula is C14H18N2O4. The van der Waals surface area contributed by atoms with Crippen LogP contribution in [0.3, 0.4) is 0 Å². The quantitative estimate of drug-likeness (QED) is 0.828. The summed E-state index contributed by atoms with van der Waals surface area (Å²) in [6, 6.07) is 4.91. The molecule has 1 saturated heterocycles. The molecule has 0 bridgehead atoms. The Morgan fingerprint density at radius 1 is 1.40 bits per heavy atom. The maximum absolute atomic E-state index is 11.1.